The predicted octanol–water partition coefficient (Wildman–Crippen LogP) is 3.93. The monoisotopic (exact) mass is 393 g/mol. The highest BCUT2D eigenvalue weighted by atomic mass is 35.5. The van der Waals surface area contributed by atoms with Crippen LogP contribution in [0.2, 0.25) is 10.0 Å². The van der Waals surface area contributed by atoms with Crippen molar-refractivity contribution in [2.24, 2.45) is 0 Å². The van der Waals surface area contributed by atoms with Gasteiger partial charge < -0.3 is 0 Å². The van der Waals surface area contributed by atoms with Crippen molar-refractivity contribution < 1.29 is 8.42 Å². The molecule has 0 bridgehead atoms. The van der Waals surface area contributed by atoms with Crippen LogP contribution in [0.1, 0.15) is 5.56 Å². The van der Waals surface area contributed by atoms with Crippen LogP contribution in [-0.2, 0) is 16.6 Å². The second-order valence-electron chi connectivity index (χ2n) is 5.13. The van der Waals surface area contributed by atoms with Crippen LogP contribution in [0.4, 0.5) is 0 Å². The molecule has 2 heterocycles. The zero-order valence-electron chi connectivity index (χ0n) is 12.9. The first-order valence-corrected chi connectivity index (χ1v) is 9.51. The van der Waals surface area contributed by atoms with E-state index in [4.69, 9.17) is 23.2 Å². The van der Waals surface area contributed by atoms with E-state index in [1.807, 2.05) is 6.07 Å². The molecule has 0 atom stereocenters. The Bertz CT molecular complexity index is 976. The first-order valence-electron chi connectivity index (χ1n) is 7.27. The molecule has 0 aliphatic rings. The zero-order chi connectivity index (χ0) is 17.9. The fourth-order valence-corrected chi connectivity index (χ4v) is 4.47. The smallest absolute Gasteiger partial charge is 0.243 e. The van der Waals surface area contributed by atoms with Gasteiger partial charge in [0.05, 0.1) is 15.7 Å². The van der Waals surface area contributed by atoms with E-state index in [1.54, 1.807) is 42.9 Å². The van der Waals surface area contributed by atoms with Crippen LogP contribution in [0, 0.1) is 0 Å². The maximum atomic E-state index is 12.6. The third-order valence-electron chi connectivity index (χ3n) is 3.47. The van der Waals surface area contributed by atoms with E-state index in [9.17, 15) is 8.42 Å². The minimum absolute atomic E-state index is 0.0436. The second kappa shape index (κ2) is 7.49. The second-order valence-corrected chi connectivity index (χ2v) is 7.65. The van der Waals surface area contributed by atoms with Gasteiger partial charge in [0.25, 0.3) is 0 Å². The third kappa shape index (κ3) is 3.99. The summed E-state index contributed by atoms with van der Waals surface area (Å²) in [6, 6.07) is 11.7. The molecule has 0 radical (unpaired) electrons. The fraction of sp³-hybridized carbons (Fsp3) is 0.0588. The average molecular weight is 394 g/mol. The minimum atomic E-state index is -3.88. The first-order chi connectivity index (χ1) is 12.0. The summed E-state index contributed by atoms with van der Waals surface area (Å²) in [6.45, 7) is 0.0436. The van der Waals surface area contributed by atoms with Crippen LogP contribution < -0.4 is 4.72 Å². The van der Waals surface area contributed by atoms with Crippen molar-refractivity contribution >= 4 is 33.2 Å². The Kier molecular flexibility index (Phi) is 5.34. The average Bonchev–Trinajstić information content (AvgIpc) is 2.61. The molecule has 3 aromatic rings. The molecule has 0 saturated carbocycles. The Morgan fingerprint density at radius 1 is 0.960 bits per heavy atom. The number of sulfonamides is 1. The molecule has 2 aromatic heterocycles. The number of pyridine rings is 2. The van der Waals surface area contributed by atoms with Gasteiger partial charge in [0.2, 0.25) is 10.0 Å². The van der Waals surface area contributed by atoms with Gasteiger partial charge in [-0.2, -0.15) is 0 Å². The van der Waals surface area contributed by atoms with E-state index in [2.05, 4.69) is 14.7 Å². The number of nitrogens with zero attached hydrogens (tertiary/aromatic N) is 2. The van der Waals surface area contributed by atoms with E-state index in [0.717, 1.165) is 5.56 Å². The van der Waals surface area contributed by atoms with Crippen LogP contribution in [0.5, 0.6) is 0 Å². The standard InChI is InChI=1S/C17H13Cl2N3O2S/c18-14-6-1-7-15(19)17(14)25(23,24)22-11-13-5-3-9-21-16(13)12-4-2-8-20-10-12/h1-10,22H,11H2. The Hall–Kier alpha value is -1.99. The normalized spacial score (nSPS) is 11.4. The lowest BCUT2D eigenvalue weighted by Crippen LogP contribution is -2.24. The van der Waals surface area contributed by atoms with E-state index in [1.165, 1.54) is 12.1 Å². The summed E-state index contributed by atoms with van der Waals surface area (Å²) in [7, 11) is -3.88. The summed E-state index contributed by atoms with van der Waals surface area (Å²) in [4.78, 5) is 8.26. The highest BCUT2D eigenvalue weighted by Gasteiger charge is 2.21. The van der Waals surface area contributed by atoms with Gasteiger partial charge in [0.1, 0.15) is 4.90 Å². The van der Waals surface area contributed by atoms with Gasteiger partial charge in [-0.15, -0.1) is 0 Å². The first kappa shape index (κ1) is 17.8. The summed E-state index contributed by atoms with van der Waals surface area (Å²) in [5.74, 6) is 0. The number of rotatable bonds is 5. The van der Waals surface area contributed by atoms with Crippen molar-refractivity contribution in [2.45, 2.75) is 11.4 Å². The molecule has 0 saturated heterocycles. The van der Waals surface area contributed by atoms with Crippen molar-refractivity contribution in [1.29, 1.82) is 0 Å². The molecule has 0 aliphatic carbocycles. The van der Waals surface area contributed by atoms with Crippen LogP contribution in [-0.4, -0.2) is 18.4 Å². The van der Waals surface area contributed by atoms with Gasteiger partial charge in [0, 0.05) is 30.7 Å². The number of halogens is 2. The highest BCUT2D eigenvalue weighted by Crippen LogP contribution is 2.29. The Morgan fingerprint density at radius 3 is 2.36 bits per heavy atom. The maximum Gasteiger partial charge on any atom is 0.243 e. The number of hydrogen-bond donors (Lipinski definition) is 1. The van der Waals surface area contributed by atoms with Crippen LogP contribution in [0.3, 0.4) is 0 Å². The number of aromatic nitrogens is 2. The molecule has 0 spiro atoms. The molecule has 5 nitrogen and oxygen atoms in total. The minimum Gasteiger partial charge on any atom is -0.264 e. The van der Waals surface area contributed by atoms with Crippen molar-refractivity contribution in [3.8, 4) is 11.3 Å². The number of nitrogens with one attached hydrogen (secondary N) is 1. The van der Waals surface area contributed by atoms with Crippen molar-refractivity contribution in [1.82, 2.24) is 14.7 Å². The van der Waals surface area contributed by atoms with Gasteiger partial charge in [-0.1, -0.05) is 35.3 Å². The van der Waals surface area contributed by atoms with Crippen molar-refractivity contribution in [3.63, 3.8) is 0 Å². The summed E-state index contributed by atoms with van der Waals surface area (Å²) < 4.78 is 27.7. The molecular weight excluding hydrogens is 381 g/mol. The van der Waals surface area contributed by atoms with Crippen molar-refractivity contribution in [3.05, 3.63) is 76.7 Å². The predicted molar refractivity (Wildman–Crippen MR) is 98.0 cm³/mol. The molecule has 25 heavy (non-hydrogen) atoms. The molecule has 8 heteroatoms. The molecule has 0 fully saturated rings. The SMILES string of the molecule is O=S(=O)(NCc1cccnc1-c1cccnc1)c1c(Cl)cccc1Cl. The number of benzene rings is 1. The molecule has 0 aliphatic heterocycles. The molecule has 0 unspecified atom stereocenters. The van der Waals surface area contributed by atoms with Gasteiger partial charge in [0.15, 0.2) is 0 Å². The summed E-state index contributed by atoms with van der Waals surface area (Å²) in [6.07, 6.45) is 4.98. The van der Waals surface area contributed by atoms with E-state index < -0.39 is 10.0 Å². The largest absolute Gasteiger partial charge is 0.264 e. The van der Waals surface area contributed by atoms with Gasteiger partial charge in [-0.05, 0) is 35.9 Å². The Labute approximate surface area is 155 Å². The molecule has 3 rings (SSSR count). The van der Waals surface area contributed by atoms with Crippen LogP contribution in [0.15, 0.2) is 66.0 Å². The van der Waals surface area contributed by atoms with Gasteiger partial charge in [-0.3, -0.25) is 9.97 Å². The topological polar surface area (TPSA) is 72.0 Å². The Balaban J connectivity index is 1.90. The van der Waals surface area contributed by atoms with E-state index in [-0.39, 0.29) is 21.5 Å². The van der Waals surface area contributed by atoms with Gasteiger partial charge >= 0.3 is 0 Å². The highest BCUT2D eigenvalue weighted by molar-refractivity contribution is 7.89. The van der Waals surface area contributed by atoms with E-state index >= 15 is 0 Å². The summed E-state index contributed by atoms with van der Waals surface area (Å²) in [5, 5.41) is 0.136. The maximum absolute atomic E-state index is 12.6. The lowest BCUT2D eigenvalue weighted by atomic mass is 10.1. The third-order valence-corrected chi connectivity index (χ3v) is 5.82. The quantitative estimate of drug-likeness (QED) is 0.712. The number of hydrogen-bond acceptors (Lipinski definition) is 4. The molecule has 1 aromatic carbocycles. The summed E-state index contributed by atoms with van der Waals surface area (Å²) in [5.41, 5.74) is 2.17. The zero-order valence-corrected chi connectivity index (χ0v) is 15.2. The molecular formula is C17H13Cl2N3O2S. The van der Waals surface area contributed by atoms with Crippen LogP contribution >= 0.6 is 23.2 Å². The fourth-order valence-electron chi connectivity index (χ4n) is 2.33. The summed E-state index contributed by atoms with van der Waals surface area (Å²) >= 11 is 12.0. The molecule has 1 N–H and O–H groups in total. The van der Waals surface area contributed by atoms with Gasteiger partial charge in [-0.25, -0.2) is 13.1 Å². The van der Waals surface area contributed by atoms with Crippen molar-refractivity contribution in [2.75, 3.05) is 0 Å². The lowest BCUT2D eigenvalue weighted by Gasteiger charge is -2.12. The lowest BCUT2D eigenvalue weighted by molar-refractivity contribution is 0.581. The van der Waals surface area contributed by atoms with E-state index in [0.29, 0.717) is 11.3 Å². The Morgan fingerprint density at radius 2 is 1.68 bits per heavy atom. The molecule has 128 valence electrons. The van der Waals surface area contributed by atoms with Crippen LogP contribution in [0.25, 0.3) is 11.3 Å². The molecule has 0 amide bonds.